The van der Waals surface area contributed by atoms with Crippen LogP contribution in [0.15, 0.2) is 80.1 Å². The first-order chi connectivity index (χ1) is 16.4. The summed E-state index contributed by atoms with van der Waals surface area (Å²) in [5.41, 5.74) is 5.10. The van der Waals surface area contributed by atoms with Crippen molar-refractivity contribution in [3.05, 3.63) is 91.2 Å². The van der Waals surface area contributed by atoms with Gasteiger partial charge in [-0.2, -0.15) is 0 Å². The molecule has 34 heavy (non-hydrogen) atoms. The second-order valence-electron chi connectivity index (χ2n) is 8.35. The van der Waals surface area contributed by atoms with E-state index >= 15 is 0 Å². The number of hydrogen-bond donors (Lipinski definition) is 1. The van der Waals surface area contributed by atoms with Gasteiger partial charge in [0, 0.05) is 27.4 Å². The van der Waals surface area contributed by atoms with Gasteiger partial charge in [-0.15, -0.1) is 0 Å². The molecule has 1 N–H and O–H groups in total. The van der Waals surface area contributed by atoms with Crippen LogP contribution in [0.5, 0.6) is 11.5 Å². The Morgan fingerprint density at radius 3 is 2.32 bits per heavy atom. The van der Waals surface area contributed by atoms with Crippen LogP contribution in [-0.2, 0) is 16.0 Å². The maximum Gasteiger partial charge on any atom is 0.233 e. The summed E-state index contributed by atoms with van der Waals surface area (Å²) in [7, 11) is 4.79. The molecular weight excluding hydrogens is 562 g/mol. The maximum atomic E-state index is 13.6. The van der Waals surface area contributed by atoms with Gasteiger partial charge in [0.05, 0.1) is 33.4 Å². The lowest BCUT2D eigenvalue weighted by molar-refractivity contribution is -0.894. The van der Waals surface area contributed by atoms with Gasteiger partial charge in [-0.3, -0.25) is 9.69 Å². The minimum absolute atomic E-state index is 0.0650. The van der Waals surface area contributed by atoms with E-state index in [1.54, 1.807) is 27.4 Å². The van der Waals surface area contributed by atoms with Gasteiger partial charge in [0.15, 0.2) is 17.3 Å². The van der Waals surface area contributed by atoms with Gasteiger partial charge in [0.25, 0.3) is 0 Å². The van der Waals surface area contributed by atoms with Crippen LogP contribution in [0.3, 0.4) is 0 Å². The Labute approximate surface area is 217 Å². The lowest BCUT2D eigenvalue weighted by Gasteiger charge is -2.35. The molecule has 1 aliphatic carbocycles. The van der Waals surface area contributed by atoms with Crippen LogP contribution in [-0.4, -0.2) is 33.7 Å². The molecule has 7 heteroatoms. The first kappa shape index (κ1) is 24.8. The predicted molar refractivity (Wildman–Crippen MR) is 139 cm³/mol. The molecule has 0 amide bonds. The van der Waals surface area contributed by atoms with Crippen LogP contribution in [0.2, 0.25) is 0 Å². The van der Waals surface area contributed by atoms with Crippen LogP contribution < -0.4 is 14.4 Å². The van der Waals surface area contributed by atoms with E-state index in [0.29, 0.717) is 23.7 Å². The molecule has 4 rings (SSSR count). The van der Waals surface area contributed by atoms with Crippen molar-refractivity contribution in [3.63, 3.8) is 0 Å². The van der Waals surface area contributed by atoms with E-state index in [2.05, 4.69) is 63.0 Å². The third kappa shape index (κ3) is 4.61. The zero-order chi connectivity index (χ0) is 24.4. The number of carbonyl (C=O) groups excluding carboxylic acids is 1. The number of fused-ring (bicyclic) bond motifs is 1. The molecule has 1 heterocycles. The Morgan fingerprint density at radius 1 is 1.00 bits per heavy atom. The van der Waals surface area contributed by atoms with Crippen molar-refractivity contribution in [1.29, 1.82) is 0 Å². The summed E-state index contributed by atoms with van der Waals surface area (Å²) < 4.78 is 18.3. The number of allylic oxidation sites excluding steroid dienone is 4. The van der Waals surface area contributed by atoms with E-state index in [1.807, 2.05) is 18.2 Å². The number of Topliss-reactive ketones (excluding diaryl/α,β-unsaturated/α-hetero) is 1. The van der Waals surface area contributed by atoms with Crippen molar-refractivity contribution in [2.24, 2.45) is 0 Å². The SMILES string of the molecule is COC1=CC(Br)=C2CC[NH+]([C@@H](C)c3ccccc3)C(Cc3cc(OC)c(OC)cc3Br)=C2C1=O. The molecule has 0 saturated heterocycles. The summed E-state index contributed by atoms with van der Waals surface area (Å²) in [6.07, 6.45) is 3.17. The van der Waals surface area contributed by atoms with Crippen LogP contribution >= 0.6 is 31.9 Å². The van der Waals surface area contributed by atoms with E-state index in [-0.39, 0.29) is 11.8 Å². The summed E-state index contributed by atoms with van der Waals surface area (Å²) in [6.45, 7) is 3.10. The van der Waals surface area contributed by atoms with Gasteiger partial charge in [0.2, 0.25) is 5.78 Å². The topological polar surface area (TPSA) is 49.2 Å². The summed E-state index contributed by atoms with van der Waals surface area (Å²) >= 11 is 7.40. The van der Waals surface area contributed by atoms with Gasteiger partial charge in [-0.1, -0.05) is 62.2 Å². The molecule has 2 aromatic carbocycles. The lowest BCUT2D eigenvalue weighted by atomic mass is 9.85. The number of halogens is 2. The number of benzene rings is 2. The Morgan fingerprint density at radius 2 is 1.68 bits per heavy atom. The van der Waals surface area contributed by atoms with Crippen LogP contribution in [0.1, 0.15) is 30.5 Å². The van der Waals surface area contributed by atoms with Crippen LogP contribution in [0, 0.1) is 0 Å². The monoisotopic (exact) mass is 588 g/mol. The fourth-order valence-corrected chi connectivity index (χ4v) is 5.85. The van der Waals surface area contributed by atoms with Gasteiger partial charge < -0.3 is 14.2 Å². The van der Waals surface area contributed by atoms with Crippen molar-refractivity contribution in [2.45, 2.75) is 25.8 Å². The highest BCUT2D eigenvalue weighted by molar-refractivity contribution is 9.12. The minimum Gasteiger partial charge on any atom is -0.493 e. The third-order valence-corrected chi connectivity index (χ3v) is 8.04. The Hall–Kier alpha value is -2.35. The molecule has 178 valence electrons. The minimum atomic E-state index is -0.0650. The number of nitrogens with one attached hydrogen (secondary N) is 1. The molecule has 0 aromatic heterocycles. The van der Waals surface area contributed by atoms with Crippen molar-refractivity contribution in [3.8, 4) is 11.5 Å². The molecule has 2 aromatic rings. The molecule has 0 bridgehead atoms. The summed E-state index contributed by atoms with van der Waals surface area (Å²) in [4.78, 5) is 14.8. The zero-order valence-corrected chi connectivity index (χ0v) is 22.9. The standard InChI is InChI=1S/C27H27Br2NO4/c1-16(17-8-6-5-7-9-17)30-11-10-19-21(29)15-25(34-4)27(31)26(19)22(30)12-18-13-23(32-2)24(33-3)14-20(18)28/h5-9,13-16H,10-12H2,1-4H3/p+1/t16-/m0/s1. The van der Waals surface area contributed by atoms with Gasteiger partial charge in [-0.05, 0) is 36.3 Å². The van der Waals surface area contributed by atoms with Gasteiger partial charge in [-0.25, -0.2) is 0 Å². The lowest BCUT2D eigenvalue weighted by Crippen LogP contribution is -3.11. The van der Waals surface area contributed by atoms with E-state index < -0.39 is 0 Å². The molecule has 2 atom stereocenters. The Balaban J connectivity index is 1.88. The maximum absolute atomic E-state index is 13.6. The average molecular weight is 590 g/mol. The summed E-state index contributed by atoms with van der Waals surface area (Å²) in [5, 5.41) is 0. The molecule has 0 spiro atoms. The molecule has 0 radical (unpaired) electrons. The highest BCUT2D eigenvalue weighted by Gasteiger charge is 2.39. The number of carbonyl (C=O) groups is 1. The first-order valence-electron chi connectivity index (χ1n) is 11.1. The van der Waals surface area contributed by atoms with Crippen molar-refractivity contribution in [1.82, 2.24) is 0 Å². The largest absolute Gasteiger partial charge is 0.493 e. The summed E-state index contributed by atoms with van der Waals surface area (Å²) in [5.74, 6) is 1.60. The number of hydrogen-bond acceptors (Lipinski definition) is 4. The fraction of sp³-hybridized carbons (Fsp3) is 0.296. The molecule has 2 aliphatic rings. The van der Waals surface area contributed by atoms with Crippen molar-refractivity contribution >= 4 is 37.6 Å². The molecule has 1 unspecified atom stereocenters. The molecule has 1 aliphatic heterocycles. The van der Waals surface area contributed by atoms with Crippen LogP contribution in [0.4, 0.5) is 0 Å². The normalized spacial score (nSPS) is 18.9. The number of ether oxygens (including phenoxy) is 3. The van der Waals surface area contributed by atoms with Crippen molar-refractivity contribution < 1.29 is 23.9 Å². The average Bonchev–Trinajstić information content (AvgIpc) is 2.86. The third-order valence-electron chi connectivity index (χ3n) is 6.59. The molecule has 0 fully saturated rings. The first-order valence-corrected chi connectivity index (χ1v) is 12.7. The highest BCUT2D eigenvalue weighted by atomic mass is 79.9. The molecular formula is C27H28Br2NO4+. The van der Waals surface area contributed by atoms with Crippen molar-refractivity contribution in [2.75, 3.05) is 27.9 Å². The quantitative estimate of drug-likeness (QED) is 0.490. The Kier molecular flexibility index (Phi) is 7.65. The fourth-order valence-electron chi connectivity index (χ4n) is 4.78. The van der Waals surface area contributed by atoms with Crippen LogP contribution in [0.25, 0.3) is 0 Å². The van der Waals surface area contributed by atoms with E-state index in [4.69, 9.17) is 14.2 Å². The second kappa shape index (κ2) is 10.5. The number of rotatable bonds is 7. The molecule has 5 nitrogen and oxygen atoms in total. The zero-order valence-electron chi connectivity index (χ0n) is 19.7. The number of methoxy groups -OCH3 is 3. The Bertz CT molecular complexity index is 1200. The summed E-state index contributed by atoms with van der Waals surface area (Å²) in [6, 6.07) is 14.5. The second-order valence-corrected chi connectivity index (χ2v) is 10.1. The van der Waals surface area contributed by atoms with Gasteiger partial charge >= 0.3 is 0 Å². The predicted octanol–water partition coefficient (Wildman–Crippen LogP) is 5.07. The smallest absolute Gasteiger partial charge is 0.233 e. The van der Waals surface area contributed by atoms with E-state index in [9.17, 15) is 4.79 Å². The molecule has 0 saturated carbocycles. The van der Waals surface area contributed by atoms with E-state index in [0.717, 1.165) is 44.3 Å². The van der Waals surface area contributed by atoms with E-state index in [1.165, 1.54) is 10.5 Å². The number of ketones is 1. The number of quaternary nitrogens is 1. The van der Waals surface area contributed by atoms with Gasteiger partial charge in [0.1, 0.15) is 11.7 Å². The highest BCUT2D eigenvalue weighted by Crippen LogP contribution is 2.38.